The maximum atomic E-state index is 11.6. The number of hydrogen-bond acceptors (Lipinski definition) is 3. The van der Waals surface area contributed by atoms with E-state index in [2.05, 4.69) is 47.8 Å². The van der Waals surface area contributed by atoms with Crippen molar-refractivity contribution in [3.8, 4) is 0 Å². The highest BCUT2D eigenvalue weighted by Crippen LogP contribution is 2.37. The Kier molecular flexibility index (Phi) is 5.88. The normalized spacial score (nSPS) is 11.5. The lowest BCUT2D eigenvalue weighted by atomic mass is 10.1. The van der Waals surface area contributed by atoms with E-state index in [4.69, 9.17) is 10.5 Å². The van der Waals surface area contributed by atoms with E-state index in [9.17, 15) is 4.79 Å². The zero-order chi connectivity index (χ0) is 13.9. The van der Waals surface area contributed by atoms with Crippen molar-refractivity contribution in [3.63, 3.8) is 0 Å². The molecule has 0 spiro atoms. The lowest BCUT2D eigenvalue weighted by molar-refractivity contribution is -0.138. The molecule has 2 N–H and O–H groups in total. The SMILES string of the molecule is CCOC(=O)/C(C)=C\c1c(Br)cc(Br)c(N)c1Br. The monoisotopic (exact) mass is 439 g/mol. The van der Waals surface area contributed by atoms with E-state index < -0.39 is 0 Å². The van der Waals surface area contributed by atoms with E-state index in [0.29, 0.717) is 17.9 Å². The number of nitrogen functional groups attached to an aromatic ring is 1. The molecule has 0 unspecified atom stereocenters. The number of benzene rings is 1. The van der Waals surface area contributed by atoms with Gasteiger partial charge < -0.3 is 10.5 Å². The molecule has 0 saturated carbocycles. The summed E-state index contributed by atoms with van der Waals surface area (Å²) in [7, 11) is 0. The second-order valence-corrected chi connectivity index (χ2v) is 6.03. The minimum absolute atomic E-state index is 0.335. The summed E-state index contributed by atoms with van der Waals surface area (Å²) in [6, 6.07) is 1.84. The smallest absolute Gasteiger partial charge is 0.333 e. The third-order valence-corrected chi connectivity index (χ3v) is 4.37. The number of rotatable bonds is 3. The molecule has 98 valence electrons. The van der Waals surface area contributed by atoms with Crippen molar-refractivity contribution in [2.75, 3.05) is 12.3 Å². The van der Waals surface area contributed by atoms with Gasteiger partial charge in [0.05, 0.1) is 12.3 Å². The second-order valence-electron chi connectivity index (χ2n) is 3.53. The molecule has 0 aliphatic rings. The fraction of sp³-hybridized carbons (Fsp3) is 0.250. The molecule has 0 aliphatic heterocycles. The quantitative estimate of drug-likeness (QED) is 0.426. The zero-order valence-electron chi connectivity index (χ0n) is 9.89. The average Bonchev–Trinajstić information content (AvgIpc) is 2.32. The van der Waals surface area contributed by atoms with Crippen LogP contribution in [0.25, 0.3) is 6.08 Å². The van der Waals surface area contributed by atoms with Crippen molar-refractivity contribution in [2.45, 2.75) is 13.8 Å². The highest BCUT2D eigenvalue weighted by molar-refractivity contribution is 9.11. The molecule has 1 rings (SSSR count). The minimum Gasteiger partial charge on any atom is -0.463 e. The van der Waals surface area contributed by atoms with Gasteiger partial charge in [-0.3, -0.25) is 0 Å². The lowest BCUT2D eigenvalue weighted by Crippen LogP contribution is -2.05. The summed E-state index contributed by atoms with van der Waals surface area (Å²) in [5.41, 5.74) is 7.81. The maximum Gasteiger partial charge on any atom is 0.333 e. The number of halogens is 3. The summed E-state index contributed by atoms with van der Waals surface area (Å²) >= 11 is 10.2. The van der Waals surface area contributed by atoms with Crippen LogP contribution < -0.4 is 5.73 Å². The molecule has 0 saturated heterocycles. The molecule has 0 bridgehead atoms. The van der Waals surface area contributed by atoms with Crippen LogP contribution in [0.1, 0.15) is 19.4 Å². The molecule has 0 radical (unpaired) electrons. The van der Waals surface area contributed by atoms with Crippen LogP contribution in [0, 0.1) is 0 Å². The summed E-state index contributed by atoms with van der Waals surface area (Å²) in [6.07, 6.45) is 1.73. The summed E-state index contributed by atoms with van der Waals surface area (Å²) < 4.78 is 7.28. The van der Waals surface area contributed by atoms with Crippen LogP contribution in [-0.4, -0.2) is 12.6 Å². The molecule has 1 aromatic carbocycles. The molecule has 0 aromatic heterocycles. The van der Waals surface area contributed by atoms with Crippen LogP contribution in [-0.2, 0) is 9.53 Å². The molecule has 0 aliphatic carbocycles. The van der Waals surface area contributed by atoms with Crippen LogP contribution >= 0.6 is 47.8 Å². The van der Waals surface area contributed by atoms with E-state index >= 15 is 0 Å². The zero-order valence-corrected chi connectivity index (χ0v) is 14.6. The predicted octanol–water partition coefficient (Wildman–Crippen LogP) is 4.52. The van der Waals surface area contributed by atoms with Gasteiger partial charge in [0.25, 0.3) is 0 Å². The van der Waals surface area contributed by atoms with Crippen LogP contribution in [0.4, 0.5) is 5.69 Å². The van der Waals surface area contributed by atoms with Gasteiger partial charge in [0.1, 0.15) is 0 Å². The van der Waals surface area contributed by atoms with Crippen LogP contribution in [0.15, 0.2) is 25.1 Å². The van der Waals surface area contributed by atoms with Gasteiger partial charge in [-0.1, -0.05) is 15.9 Å². The molecule has 0 fully saturated rings. The predicted molar refractivity (Wildman–Crippen MR) is 84.2 cm³/mol. The Balaban J connectivity index is 3.23. The molecule has 1 aromatic rings. The number of carbonyl (C=O) groups excluding carboxylic acids is 1. The molecule has 0 amide bonds. The molecule has 0 heterocycles. The van der Waals surface area contributed by atoms with Gasteiger partial charge in [-0.05, 0) is 57.8 Å². The topological polar surface area (TPSA) is 52.3 Å². The Morgan fingerprint density at radius 3 is 2.56 bits per heavy atom. The second kappa shape index (κ2) is 6.73. The first kappa shape index (κ1) is 15.7. The van der Waals surface area contributed by atoms with Gasteiger partial charge in [-0.25, -0.2) is 4.79 Å². The summed E-state index contributed by atoms with van der Waals surface area (Å²) in [5.74, 6) is -0.335. The Morgan fingerprint density at radius 2 is 2.00 bits per heavy atom. The lowest BCUT2D eigenvalue weighted by Gasteiger charge is -2.09. The van der Waals surface area contributed by atoms with Crippen molar-refractivity contribution >= 4 is 65.5 Å². The van der Waals surface area contributed by atoms with Crippen molar-refractivity contribution in [1.29, 1.82) is 0 Å². The number of hydrogen-bond donors (Lipinski definition) is 1. The van der Waals surface area contributed by atoms with Crippen LogP contribution in [0.3, 0.4) is 0 Å². The highest BCUT2D eigenvalue weighted by Gasteiger charge is 2.12. The van der Waals surface area contributed by atoms with Crippen LogP contribution in [0.5, 0.6) is 0 Å². The first-order chi connectivity index (χ1) is 8.38. The van der Waals surface area contributed by atoms with Gasteiger partial charge in [-0.2, -0.15) is 0 Å². The fourth-order valence-electron chi connectivity index (χ4n) is 1.27. The summed E-state index contributed by atoms with van der Waals surface area (Å²) in [4.78, 5) is 11.6. The fourth-order valence-corrected chi connectivity index (χ4v) is 3.62. The van der Waals surface area contributed by atoms with Gasteiger partial charge in [0, 0.05) is 24.6 Å². The Bertz CT molecular complexity index is 513. The summed E-state index contributed by atoms with van der Waals surface area (Å²) in [6.45, 7) is 3.83. The molecule has 3 nitrogen and oxygen atoms in total. The highest BCUT2D eigenvalue weighted by atomic mass is 79.9. The van der Waals surface area contributed by atoms with E-state index in [1.54, 1.807) is 19.9 Å². The van der Waals surface area contributed by atoms with E-state index in [1.165, 1.54) is 0 Å². The van der Waals surface area contributed by atoms with Crippen molar-refractivity contribution in [1.82, 2.24) is 0 Å². The first-order valence-electron chi connectivity index (χ1n) is 5.16. The Morgan fingerprint density at radius 1 is 1.39 bits per heavy atom. The molecule has 18 heavy (non-hydrogen) atoms. The first-order valence-corrected chi connectivity index (χ1v) is 7.54. The van der Waals surface area contributed by atoms with Crippen LogP contribution in [0.2, 0.25) is 0 Å². The third kappa shape index (κ3) is 3.59. The van der Waals surface area contributed by atoms with E-state index in [-0.39, 0.29) is 5.97 Å². The number of carbonyl (C=O) groups is 1. The Labute approximate surface area is 131 Å². The van der Waals surface area contributed by atoms with Crippen molar-refractivity contribution in [2.24, 2.45) is 0 Å². The van der Waals surface area contributed by atoms with Gasteiger partial charge in [0.15, 0.2) is 0 Å². The number of anilines is 1. The van der Waals surface area contributed by atoms with E-state index in [1.807, 2.05) is 6.07 Å². The number of esters is 1. The average molecular weight is 442 g/mol. The van der Waals surface area contributed by atoms with Gasteiger partial charge in [0.2, 0.25) is 0 Å². The number of nitrogens with two attached hydrogens (primary N) is 1. The molecular weight excluding hydrogens is 430 g/mol. The standard InChI is InChI=1S/C12H12Br3NO2/c1-3-18-12(17)6(2)4-7-8(13)5-9(14)11(16)10(7)15/h4-5H,3,16H2,1-2H3/b6-4-. The van der Waals surface area contributed by atoms with Gasteiger partial charge >= 0.3 is 5.97 Å². The molecule has 6 heteroatoms. The number of ether oxygens (including phenoxy) is 1. The van der Waals surface area contributed by atoms with Gasteiger partial charge in [-0.15, -0.1) is 0 Å². The van der Waals surface area contributed by atoms with Crippen molar-refractivity contribution in [3.05, 3.63) is 30.6 Å². The maximum absolute atomic E-state index is 11.6. The molecule has 0 atom stereocenters. The van der Waals surface area contributed by atoms with Crippen molar-refractivity contribution < 1.29 is 9.53 Å². The summed E-state index contributed by atoms with van der Waals surface area (Å²) in [5, 5.41) is 0. The molecular formula is C12H12Br3NO2. The van der Waals surface area contributed by atoms with E-state index in [0.717, 1.165) is 19.0 Å². The third-order valence-electron chi connectivity index (χ3n) is 2.20. The minimum atomic E-state index is -0.335. The largest absolute Gasteiger partial charge is 0.463 e. The Hall–Kier alpha value is -0.330.